The van der Waals surface area contributed by atoms with Crippen LogP contribution in [-0.2, 0) is 37.9 Å². The van der Waals surface area contributed by atoms with Crippen molar-refractivity contribution in [3.63, 3.8) is 0 Å². The first-order valence-corrected chi connectivity index (χ1v) is 18.0. The zero-order valence-electron chi connectivity index (χ0n) is 29.7. The Hall–Kier alpha value is -4.09. The van der Waals surface area contributed by atoms with Crippen LogP contribution in [0.2, 0.25) is 10.0 Å². The van der Waals surface area contributed by atoms with E-state index in [-0.39, 0.29) is 30.5 Å². The summed E-state index contributed by atoms with van der Waals surface area (Å²) in [5.74, 6) is -0.151. The molecule has 2 saturated heterocycles. The lowest BCUT2D eigenvalue weighted by Crippen LogP contribution is -2.48. The van der Waals surface area contributed by atoms with Crippen molar-refractivity contribution in [2.45, 2.75) is 59.6 Å². The molecule has 0 spiro atoms. The number of anilines is 1. The van der Waals surface area contributed by atoms with Crippen molar-refractivity contribution in [1.82, 2.24) is 9.47 Å². The molecular weight excluding hydrogens is 691 g/mol. The summed E-state index contributed by atoms with van der Waals surface area (Å²) in [6.45, 7) is 13.8. The minimum atomic E-state index is -1.17. The number of ether oxygens (including phenoxy) is 4. The number of nitrogens with zero attached hydrogens (tertiary/aromatic N) is 4. The molecule has 6 rings (SSSR count). The van der Waals surface area contributed by atoms with Crippen LogP contribution >= 0.6 is 23.2 Å². The normalized spacial score (nSPS) is 19.1. The van der Waals surface area contributed by atoms with Crippen LogP contribution in [0.15, 0.2) is 73.3 Å². The van der Waals surface area contributed by atoms with Gasteiger partial charge in [0.2, 0.25) is 18.0 Å². The first kappa shape index (κ1) is 36.7. The maximum absolute atomic E-state index is 12.2. The largest absolute Gasteiger partial charge is 0.491 e. The molecule has 0 aliphatic carbocycles. The van der Waals surface area contributed by atoms with E-state index < -0.39 is 5.79 Å². The highest BCUT2D eigenvalue weighted by Gasteiger charge is 2.47. The number of halogens is 2. The van der Waals surface area contributed by atoms with Gasteiger partial charge in [-0.1, -0.05) is 43.1 Å². The molecule has 1 amide bonds. The number of carbonyl (C=O) groups excluding carboxylic acids is 2. The molecule has 2 aliphatic heterocycles. The van der Waals surface area contributed by atoms with E-state index in [1.807, 2.05) is 98.3 Å². The molecule has 3 aromatic carbocycles. The molecule has 12 heteroatoms. The van der Waals surface area contributed by atoms with Crippen LogP contribution in [0.25, 0.3) is 0 Å². The monoisotopic (exact) mass is 735 g/mol. The summed E-state index contributed by atoms with van der Waals surface area (Å²) >= 11 is 13.0. The Balaban J connectivity index is 1.12. The van der Waals surface area contributed by atoms with E-state index in [1.165, 1.54) is 0 Å². The van der Waals surface area contributed by atoms with E-state index in [4.69, 9.17) is 42.1 Å². The minimum absolute atomic E-state index is 0.118. The van der Waals surface area contributed by atoms with Gasteiger partial charge in [-0.3, -0.25) is 9.59 Å². The maximum Gasteiger partial charge on any atom is 0.313 e. The second-order valence-electron chi connectivity index (χ2n) is 13.6. The van der Waals surface area contributed by atoms with Crippen LogP contribution in [0.4, 0.5) is 5.69 Å². The van der Waals surface area contributed by atoms with Gasteiger partial charge in [-0.15, -0.1) is 0 Å². The fraction of sp³-hybridized carbons (Fsp3) is 0.410. The van der Waals surface area contributed by atoms with E-state index in [2.05, 4.69) is 9.47 Å². The number of esters is 1. The number of amides is 1. The molecule has 2 aliphatic rings. The zero-order chi connectivity index (χ0) is 36.3. The van der Waals surface area contributed by atoms with Crippen LogP contribution in [0.3, 0.4) is 0 Å². The molecule has 3 heterocycles. The number of piperazine rings is 1. The van der Waals surface area contributed by atoms with Gasteiger partial charge in [0.25, 0.3) is 0 Å². The van der Waals surface area contributed by atoms with Gasteiger partial charge in [0.15, 0.2) is 0 Å². The molecule has 2 fully saturated rings. The van der Waals surface area contributed by atoms with Crippen molar-refractivity contribution in [1.29, 1.82) is 0 Å². The number of aryl methyl sites for hydroxylation is 2. The van der Waals surface area contributed by atoms with Crippen LogP contribution in [0.1, 0.15) is 43.0 Å². The van der Waals surface area contributed by atoms with Crippen molar-refractivity contribution in [2.75, 3.05) is 44.3 Å². The Kier molecular flexibility index (Phi) is 11.3. The first-order valence-electron chi connectivity index (χ1n) is 17.3. The van der Waals surface area contributed by atoms with Gasteiger partial charge in [-0.05, 0) is 79.1 Å². The Labute approximate surface area is 309 Å². The van der Waals surface area contributed by atoms with E-state index >= 15 is 0 Å². The number of hydrogen-bond acceptors (Lipinski definition) is 7. The van der Waals surface area contributed by atoms with Crippen LogP contribution in [0, 0.1) is 19.8 Å². The molecule has 10 nitrogen and oxygen atoms in total. The summed E-state index contributed by atoms with van der Waals surface area (Å²) in [5, 5.41) is 0.975. The zero-order valence-corrected chi connectivity index (χ0v) is 31.2. The lowest BCUT2D eigenvalue weighted by Gasteiger charge is -2.35. The summed E-state index contributed by atoms with van der Waals surface area (Å²) in [5.41, 5.74) is 4.69. The second-order valence-corrected chi connectivity index (χ2v) is 14.5. The number of benzene rings is 3. The van der Waals surface area contributed by atoms with Gasteiger partial charge in [0, 0.05) is 49.4 Å². The highest BCUT2D eigenvalue weighted by atomic mass is 35.5. The van der Waals surface area contributed by atoms with Gasteiger partial charge in [0.05, 0.1) is 17.5 Å². The molecule has 0 unspecified atom stereocenters. The van der Waals surface area contributed by atoms with Gasteiger partial charge in [-0.2, -0.15) is 0 Å². The Morgan fingerprint density at radius 2 is 1.71 bits per heavy atom. The summed E-state index contributed by atoms with van der Waals surface area (Å²) in [7, 11) is 0. The van der Waals surface area contributed by atoms with Crippen molar-refractivity contribution in [3.8, 4) is 11.5 Å². The number of hydrogen-bond donors (Lipinski definition) is 0. The average molecular weight is 737 g/mol. The number of aromatic nitrogens is 2. The lowest BCUT2D eigenvalue weighted by molar-refractivity contribution is -0.688. The highest BCUT2D eigenvalue weighted by Crippen LogP contribution is 2.40. The Morgan fingerprint density at radius 1 is 1.00 bits per heavy atom. The van der Waals surface area contributed by atoms with E-state index in [0.717, 1.165) is 54.3 Å². The van der Waals surface area contributed by atoms with Gasteiger partial charge < -0.3 is 28.7 Å². The maximum atomic E-state index is 12.2. The quantitative estimate of drug-likeness (QED) is 0.101. The molecule has 0 N–H and O–H groups in total. The molecule has 1 aromatic heterocycles. The fourth-order valence-electron chi connectivity index (χ4n) is 6.56. The van der Waals surface area contributed by atoms with Gasteiger partial charge >= 0.3 is 5.97 Å². The minimum Gasteiger partial charge on any atom is -0.491 e. The van der Waals surface area contributed by atoms with Crippen LogP contribution in [0.5, 0.6) is 11.5 Å². The third-order valence-corrected chi connectivity index (χ3v) is 9.81. The fourth-order valence-corrected chi connectivity index (χ4v) is 7.12. The standard InChI is InChI=1S/C39H45Cl2N4O6/c1-26(2)38(47)50-37-27(3)18-30(19-28(37)4)21-42-12-13-43(25-42)24-39(35-11-6-31(40)20-36(35)41)49-23-34(51-39)22-48-33-9-7-32(8-10-33)45-16-14-44(15-17-45)29(5)46/h6-13,18-20,25-26,34H,14-17,21-24H2,1-5H3/q+1/t34-,39-/m0/s1. The predicted molar refractivity (Wildman–Crippen MR) is 195 cm³/mol. The SMILES string of the molecule is CC(=O)N1CCN(c2ccc(OC[C@H]3CO[C@](Cn4cc[n+](Cc5cc(C)c(OC(=O)C(C)C)c(C)c5)c4)(c4ccc(Cl)cc4Cl)O3)cc2)CC1. The molecule has 4 aromatic rings. The molecule has 51 heavy (non-hydrogen) atoms. The van der Waals surface area contributed by atoms with E-state index in [9.17, 15) is 9.59 Å². The first-order chi connectivity index (χ1) is 24.4. The topological polar surface area (TPSA) is 86.4 Å². The number of rotatable bonds is 11. The molecule has 270 valence electrons. The Morgan fingerprint density at radius 3 is 2.35 bits per heavy atom. The summed E-state index contributed by atoms with van der Waals surface area (Å²) in [4.78, 5) is 28.1. The van der Waals surface area contributed by atoms with Crippen LogP contribution < -0.4 is 18.9 Å². The molecule has 0 saturated carbocycles. The van der Waals surface area contributed by atoms with E-state index in [0.29, 0.717) is 41.1 Å². The summed E-state index contributed by atoms with van der Waals surface area (Å²) in [6.07, 6.45) is 5.62. The van der Waals surface area contributed by atoms with Crippen molar-refractivity contribution in [2.24, 2.45) is 5.92 Å². The smallest absolute Gasteiger partial charge is 0.313 e. The Bertz CT molecular complexity index is 1850. The molecular formula is C39H45Cl2N4O6+. The number of carbonyl (C=O) groups is 2. The third-order valence-electron chi connectivity index (χ3n) is 9.26. The average Bonchev–Trinajstić information content (AvgIpc) is 3.72. The lowest BCUT2D eigenvalue weighted by atomic mass is 10.1. The van der Waals surface area contributed by atoms with E-state index in [1.54, 1.807) is 19.1 Å². The van der Waals surface area contributed by atoms with Crippen molar-refractivity contribution < 1.29 is 33.1 Å². The molecule has 2 atom stereocenters. The van der Waals surface area contributed by atoms with Crippen molar-refractivity contribution in [3.05, 3.63) is 106 Å². The highest BCUT2D eigenvalue weighted by molar-refractivity contribution is 6.35. The summed E-state index contributed by atoms with van der Waals surface area (Å²) < 4.78 is 29.0. The second kappa shape index (κ2) is 15.7. The van der Waals surface area contributed by atoms with Gasteiger partial charge in [-0.25, -0.2) is 9.13 Å². The predicted octanol–water partition coefficient (Wildman–Crippen LogP) is 6.32. The van der Waals surface area contributed by atoms with Crippen LogP contribution in [-0.4, -0.2) is 66.8 Å². The molecule has 0 bridgehead atoms. The third kappa shape index (κ3) is 8.69. The van der Waals surface area contributed by atoms with Crippen molar-refractivity contribution >= 4 is 40.8 Å². The van der Waals surface area contributed by atoms with Gasteiger partial charge in [0.1, 0.15) is 49.7 Å². The molecule has 0 radical (unpaired) electrons. The number of imidazole rings is 1. The summed E-state index contributed by atoms with van der Waals surface area (Å²) in [6, 6.07) is 17.4.